The van der Waals surface area contributed by atoms with Crippen LogP contribution in [0.15, 0.2) is 60.8 Å². The summed E-state index contributed by atoms with van der Waals surface area (Å²) in [5.74, 6) is 1.60. The Morgan fingerprint density at radius 1 is 0.963 bits per heavy atom. The van der Waals surface area contributed by atoms with Crippen LogP contribution in [0.5, 0.6) is 11.5 Å². The van der Waals surface area contributed by atoms with Crippen molar-refractivity contribution >= 4 is 34.7 Å². The van der Waals surface area contributed by atoms with E-state index in [2.05, 4.69) is 15.6 Å². The largest absolute Gasteiger partial charge is 0.493 e. The van der Waals surface area contributed by atoms with Gasteiger partial charge in [-0.1, -0.05) is 23.7 Å². The van der Waals surface area contributed by atoms with Gasteiger partial charge in [-0.05, 0) is 36.4 Å². The van der Waals surface area contributed by atoms with Crippen molar-refractivity contribution in [3.8, 4) is 11.5 Å². The number of nitrogens with one attached hydrogen (secondary N) is 2. The Kier molecular flexibility index (Phi) is 5.78. The Bertz CT molecular complexity index is 945. The van der Waals surface area contributed by atoms with E-state index >= 15 is 0 Å². The van der Waals surface area contributed by atoms with Gasteiger partial charge in [0.05, 0.1) is 36.7 Å². The maximum Gasteiger partial charge on any atom is 0.257 e. The second kappa shape index (κ2) is 8.42. The summed E-state index contributed by atoms with van der Waals surface area (Å²) in [7, 11) is 3.17. The highest BCUT2D eigenvalue weighted by atomic mass is 35.5. The van der Waals surface area contributed by atoms with E-state index in [4.69, 9.17) is 21.1 Å². The van der Waals surface area contributed by atoms with Crippen molar-refractivity contribution in [2.24, 2.45) is 0 Å². The van der Waals surface area contributed by atoms with Gasteiger partial charge in [-0.2, -0.15) is 0 Å². The number of ether oxygens (including phenoxy) is 2. The molecular formula is C20H18ClN3O3. The number of methoxy groups -OCH3 is 2. The number of halogens is 1. The van der Waals surface area contributed by atoms with Gasteiger partial charge in [-0.3, -0.25) is 4.79 Å². The van der Waals surface area contributed by atoms with Gasteiger partial charge in [0.15, 0.2) is 11.5 Å². The highest BCUT2D eigenvalue weighted by Gasteiger charge is 2.10. The molecule has 1 heterocycles. The Balaban J connectivity index is 1.69. The van der Waals surface area contributed by atoms with E-state index in [9.17, 15) is 4.79 Å². The molecule has 138 valence electrons. The third-order valence-corrected chi connectivity index (χ3v) is 4.13. The summed E-state index contributed by atoms with van der Waals surface area (Å²) >= 11 is 6.04. The fraction of sp³-hybridized carbons (Fsp3) is 0.100. The number of nitrogens with zero attached hydrogens (tertiary/aromatic N) is 1. The van der Waals surface area contributed by atoms with Gasteiger partial charge in [-0.15, -0.1) is 0 Å². The third kappa shape index (κ3) is 4.48. The molecule has 0 unspecified atom stereocenters. The van der Waals surface area contributed by atoms with E-state index in [1.54, 1.807) is 62.9 Å². The summed E-state index contributed by atoms with van der Waals surface area (Å²) in [5, 5.41) is 6.34. The Hall–Kier alpha value is -3.25. The zero-order chi connectivity index (χ0) is 19.2. The van der Waals surface area contributed by atoms with Gasteiger partial charge in [0, 0.05) is 11.8 Å². The molecule has 7 heteroatoms. The van der Waals surface area contributed by atoms with Crippen LogP contribution < -0.4 is 20.1 Å². The Morgan fingerprint density at radius 3 is 2.37 bits per heavy atom. The lowest BCUT2D eigenvalue weighted by Gasteiger charge is -2.11. The lowest BCUT2D eigenvalue weighted by Crippen LogP contribution is -2.12. The van der Waals surface area contributed by atoms with Gasteiger partial charge in [0.25, 0.3) is 5.91 Å². The molecule has 6 nitrogen and oxygen atoms in total. The standard InChI is InChI=1S/C20H18ClN3O3/c1-26-17-9-7-13(11-18(17)27-2)23-19-10-8-14(12-22-19)24-20(25)15-5-3-4-6-16(15)21/h3-12H,1-2H3,(H,22,23)(H,24,25). The van der Waals surface area contributed by atoms with Gasteiger partial charge in [-0.25, -0.2) is 4.98 Å². The highest BCUT2D eigenvalue weighted by molar-refractivity contribution is 6.34. The van der Waals surface area contributed by atoms with Gasteiger partial charge in [0.2, 0.25) is 0 Å². The molecule has 3 rings (SSSR count). The molecule has 0 saturated carbocycles. The molecule has 0 radical (unpaired) electrons. The molecule has 1 amide bonds. The average molecular weight is 384 g/mol. The lowest BCUT2D eigenvalue weighted by atomic mass is 10.2. The molecule has 0 aliphatic rings. The van der Waals surface area contributed by atoms with Gasteiger partial charge in [0.1, 0.15) is 5.82 Å². The Labute approximate surface area is 162 Å². The van der Waals surface area contributed by atoms with E-state index < -0.39 is 0 Å². The number of hydrogen-bond acceptors (Lipinski definition) is 5. The van der Waals surface area contributed by atoms with E-state index in [0.717, 1.165) is 5.69 Å². The minimum Gasteiger partial charge on any atom is -0.493 e. The first-order valence-electron chi connectivity index (χ1n) is 8.11. The van der Waals surface area contributed by atoms with Crippen molar-refractivity contribution in [1.29, 1.82) is 0 Å². The molecule has 0 fully saturated rings. The molecule has 0 aliphatic carbocycles. The third-order valence-electron chi connectivity index (χ3n) is 3.80. The number of hydrogen-bond donors (Lipinski definition) is 2. The van der Waals surface area contributed by atoms with E-state index in [1.807, 2.05) is 12.1 Å². The molecule has 1 aromatic heterocycles. The first-order chi connectivity index (χ1) is 13.1. The van der Waals surface area contributed by atoms with Gasteiger partial charge < -0.3 is 20.1 Å². The number of aromatic nitrogens is 1. The van der Waals surface area contributed by atoms with Crippen LogP contribution in [-0.2, 0) is 0 Å². The molecule has 2 aromatic carbocycles. The van der Waals surface area contributed by atoms with Crippen LogP contribution in [0.2, 0.25) is 5.02 Å². The lowest BCUT2D eigenvalue weighted by molar-refractivity contribution is 0.102. The smallest absolute Gasteiger partial charge is 0.257 e. The minimum atomic E-state index is -0.289. The van der Waals surface area contributed by atoms with Crippen LogP contribution in [0.3, 0.4) is 0 Å². The van der Waals surface area contributed by atoms with Crippen LogP contribution in [0.1, 0.15) is 10.4 Å². The van der Waals surface area contributed by atoms with Crippen molar-refractivity contribution in [2.45, 2.75) is 0 Å². The number of amides is 1. The zero-order valence-corrected chi connectivity index (χ0v) is 15.6. The van der Waals surface area contributed by atoms with Crippen molar-refractivity contribution < 1.29 is 14.3 Å². The molecule has 0 saturated heterocycles. The minimum absolute atomic E-state index is 0.289. The van der Waals surface area contributed by atoms with Crippen molar-refractivity contribution in [3.05, 3.63) is 71.4 Å². The van der Waals surface area contributed by atoms with E-state index in [0.29, 0.717) is 33.6 Å². The topological polar surface area (TPSA) is 72.5 Å². The quantitative estimate of drug-likeness (QED) is 0.642. The maximum absolute atomic E-state index is 12.3. The van der Waals surface area contributed by atoms with Crippen molar-refractivity contribution in [2.75, 3.05) is 24.9 Å². The SMILES string of the molecule is COc1ccc(Nc2ccc(NC(=O)c3ccccc3Cl)cn2)cc1OC. The van der Waals surface area contributed by atoms with Crippen LogP contribution in [0.25, 0.3) is 0 Å². The predicted octanol–water partition coefficient (Wildman–Crippen LogP) is 4.75. The van der Waals surface area contributed by atoms with E-state index in [-0.39, 0.29) is 5.91 Å². The summed E-state index contributed by atoms with van der Waals surface area (Å²) in [6, 6.07) is 15.9. The predicted molar refractivity (Wildman–Crippen MR) is 106 cm³/mol. The van der Waals surface area contributed by atoms with Gasteiger partial charge >= 0.3 is 0 Å². The first-order valence-corrected chi connectivity index (χ1v) is 8.49. The highest BCUT2D eigenvalue weighted by Crippen LogP contribution is 2.30. The summed E-state index contributed by atoms with van der Waals surface area (Å²) < 4.78 is 10.5. The number of anilines is 3. The molecule has 3 aromatic rings. The fourth-order valence-corrected chi connectivity index (χ4v) is 2.67. The summed E-state index contributed by atoms with van der Waals surface area (Å²) in [6.45, 7) is 0. The molecule has 0 atom stereocenters. The van der Waals surface area contributed by atoms with Crippen LogP contribution in [-0.4, -0.2) is 25.1 Å². The number of benzene rings is 2. The molecule has 0 bridgehead atoms. The van der Waals surface area contributed by atoms with Crippen molar-refractivity contribution in [1.82, 2.24) is 4.98 Å². The maximum atomic E-state index is 12.3. The second-order valence-electron chi connectivity index (χ2n) is 5.56. The number of pyridine rings is 1. The summed E-state index contributed by atoms with van der Waals surface area (Å²) in [5.41, 5.74) is 1.78. The molecule has 2 N–H and O–H groups in total. The number of carbonyl (C=O) groups excluding carboxylic acids is 1. The molecular weight excluding hydrogens is 366 g/mol. The van der Waals surface area contributed by atoms with Crippen LogP contribution >= 0.6 is 11.6 Å². The van der Waals surface area contributed by atoms with Crippen LogP contribution in [0, 0.1) is 0 Å². The fourth-order valence-electron chi connectivity index (χ4n) is 2.45. The summed E-state index contributed by atoms with van der Waals surface area (Å²) in [6.07, 6.45) is 1.57. The number of rotatable bonds is 6. The Morgan fingerprint density at radius 2 is 1.70 bits per heavy atom. The normalized spacial score (nSPS) is 10.2. The molecule has 0 spiro atoms. The second-order valence-corrected chi connectivity index (χ2v) is 5.97. The van der Waals surface area contributed by atoms with E-state index in [1.165, 1.54) is 0 Å². The monoisotopic (exact) mass is 383 g/mol. The number of carbonyl (C=O) groups is 1. The summed E-state index contributed by atoms with van der Waals surface area (Å²) in [4.78, 5) is 16.6. The molecule has 0 aliphatic heterocycles. The molecule has 27 heavy (non-hydrogen) atoms. The first kappa shape index (κ1) is 18.5. The zero-order valence-electron chi connectivity index (χ0n) is 14.8. The van der Waals surface area contributed by atoms with Crippen molar-refractivity contribution in [3.63, 3.8) is 0 Å². The average Bonchev–Trinajstić information content (AvgIpc) is 2.69. The van der Waals surface area contributed by atoms with Crippen LogP contribution in [0.4, 0.5) is 17.2 Å².